The maximum Gasteiger partial charge on any atom is 0.272 e. The molecule has 0 atom stereocenters. The molecular weight excluding hydrogens is 443 g/mol. The van der Waals surface area contributed by atoms with Crippen LogP contribution in [0.25, 0.3) is 11.0 Å². The predicted octanol–water partition coefficient (Wildman–Crippen LogP) is 3.81. The summed E-state index contributed by atoms with van der Waals surface area (Å²) >= 11 is 7.97. The van der Waals surface area contributed by atoms with E-state index in [1.165, 1.54) is 18.5 Å². The van der Waals surface area contributed by atoms with E-state index < -0.39 is 0 Å². The van der Waals surface area contributed by atoms with E-state index in [-0.39, 0.29) is 16.9 Å². The van der Waals surface area contributed by atoms with Gasteiger partial charge in [0.1, 0.15) is 11.8 Å². The molecule has 0 aliphatic rings. The molecule has 3 rings (SSSR count). The molecule has 24 heavy (non-hydrogen) atoms. The molecule has 2 aromatic carbocycles. The monoisotopic (exact) mass is 452 g/mol. The fourth-order valence-corrected chi connectivity index (χ4v) is 2.88. The number of carbonyl (C=O) groups is 1. The maximum atomic E-state index is 12.4. The highest BCUT2D eigenvalue weighted by Gasteiger charge is 2.08. The van der Waals surface area contributed by atoms with E-state index in [0.717, 1.165) is 3.57 Å². The molecule has 3 aromatic rings. The first-order valence-electron chi connectivity index (χ1n) is 6.85. The third kappa shape index (κ3) is 3.49. The van der Waals surface area contributed by atoms with Crippen molar-refractivity contribution in [1.82, 2.24) is 5.43 Å². The molecule has 0 radical (unpaired) electrons. The zero-order valence-corrected chi connectivity index (χ0v) is 15.0. The molecule has 5 nitrogen and oxygen atoms in total. The highest BCUT2D eigenvalue weighted by molar-refractivity contribution is 14.1. The molecule has 0 aliphatic heterocycles. The topological polar surface area (TPSA) is 71.7 Å². The van der Waals surface area contributed by atoms with Crippen molar-refractivity contribution in [2.75, 3.05) is 0 Å². The van der Waals surface area contributed by atoms with E-state index in [1.54, 1.807) is 24.3 Å². The van der Waals surface area contributed by atoms with Gasteiger partial charge in [-0.1, -0.05) is 23.7 Å². The molecule has 0 saturated carbocycles. The van der Waals surface area contributed by atoms with Crippen LogP contribution in [0.1, 0.15) is 15.9 Å². The molecule has 1 amide bonds. The number of rotatable bonds is 3. The first-order chi connectivity index (χ1) is 11.6. The van der Waals surface area contributed by atoms with Gasteiger partial charge in [-0.2, -0.15) is 5.10 Å². The van der Waals surface area contributed by atoms with Gasteiger partial charge in [-0.15, -0.1) is 0 Å². The normalized spacial score (nSPS) is 11.1. The summed E-state index contributed by atoms with van der Waals surface area (Å²) in [5.41, 5.74) is 3.28. The largest absolute Gasteiger partial charge is 0.463 e. The molecule has 0 fully saturated rings. The second-order valence-corrected chi connectivity index (χ2v) is 6.44. The van der Waals surface area contributed by atoms with Crippen LogP contribution in [0, 0.1) is 3.57 Å². The van der Waals surface area contributed by atoms with Crippen molar-refractivity contribution >= 4 is 57.3 Å². The first kappa shape index (κ1) is 16.7. The molecule has 1 aromatic heterocycles. The summed E-state index contributed by atoms with van der Waals surface area (Å²) in [5.74, 6) is -0.357. The lowest BCUT2D eigenvalue weighted by atomic mass is 10.2. The predicted molar refractivity (Wildman–Crippen MR) is 102 cm³/mol. The highest BCUT2D eigenvalue weighted by Crippen LogP contribution is 2.16. The molecule has 0 spiro atoms. The van der Waals surface area contributed by atoms with Gasteiger partial charge in [0.25, 0.3) is 5.91 Å². The number of nitrogens with one attached hydrogen (secondary N) is 1. The van der Waals surface area contributed by atoms with E-state index in [1.807, 2.05) is 12.1 Å². The molecule has 0 aliphatic carbocycles. The van der Waals surface area contributed by atoms with Crippen LogP contribution in [0.15, 0.2) is 63.0 Å². The smallest absolute Gasteiger partial charge is 0.272 e. The van der Waals surface area contributed by atoms with E-state index in [0.29, 0.717) is 21.6 Å². The quantitative estimate of drug-likeness (QED) is 0.373. The minimum atomic E-state index is -0.357. The summed E-state index contributed by atoms with van der Waals surface area (Å²) in [6.45, 7) is 0. The number of hydrogen-bond donors (Lipinski definition) is 1. The molecule has 0 saturated heterocycles. The summed E-state index contributed by atoms with van der Waals surface area (Å²) in [4.78, 5) is 24.4. The Labute approximate surface area is 155 Å². The minimum absolute atomic E-state index is 0.216. The van der Waals surface area contributed by atoms with Gasteiger partial charge in [-0.25, -0.2) is 5.43 Å². The van der Waals surface area contributed by atoms with E-state index in [9.17, 15) is 9.59 Å². The SMILES string of the molecule is O=C(N/N=C\c1coc2ccc(Cl)cc2c1=O)c1ccccc1I. The lowest BCUT2D eigenvalue weighted by molar-refractivity contribution is 0.0954. The van der Waals surface area contributed by atoms with Crippen molar-refractivity contribution < 1.29 is 9.21 Å². The molecular formula is C17H10ClIN2O3. The van der Waals surface area contributed by atoms with Crippen molar-refractivity contribution in [3.05, 3.63) is 78.7 Å². The molecule has 120 valence electrons. The van der Waals surface area contributed by atoms with Crippen LogP contribution < -0.4 is 10.9 Å². The average Bonchev–Trinajstić information content (AvgIpc) is 2.57. The van der Waals surface area contributed by atoms with Gasteiger partial charge < -0.3 is 4.42 Å². The Balaban J connectivity index is 1.84. The van der Waals surface area contributed by atoms with Crippen molar-refractivity contribution in [3.8, 4) is 0 Å². The van der Waals surface area contributed by atoms with Gasteiger partial charge in [0.2, 0.25) is 5.43 Å². The van der Waals surface area contributed by atoms with Crippen molar-refractivity contribution in [1.29, 1.82) is 0 Å². The third-order valence-corrected chi connectivity index (χ3v) is 4.43. The lowest BCUT2D eigenvalue weighted by Crippen LogP contribution is -2.19. The summed E-state index contributed by atoms with van der Waals surface area (Å²) in [5, 5.41) is 4.63. The number of halogens is 2. The van der Waals surface area contributed by atoms with Crippen molar-refractivity contribution in [3.63, 3.8) is 0 Å². The van der Waals surface area contributed by atoms with E-state index in [2.05, 4.69) is 33.1 Å². The number of hydrogen-bond acceptors (Lipinski definition) is 4. The molecule has 1 heterocycles. The fraction of sp³-hybridized carbons (Fsp3) is 0. The highest BCUT2D eigenvalue weighted by atomic mass is 127. The number of fused-ring (bicyclic) bond motifs is 1. The van der Waals surface area contributed by atoms with Gasteiger partial charge in [-0.3, -0.25) is 9.59 Å². The van der Waals surface area contributed by atoms with Crippen LogP contribution in [-0.2, 0) is 0 Å². The second-order valence-electron chi connectivity index (χ2n) is 4.84. The van der Waals surface area contributed by atoms with Gasteiger partial charge in [0.05, 0.1) is 22.7 Å². The Morgan fingerprint density at radius 3 is 2.83 bits per heavy atom. The van der Waals surface area contributed by atoms with Crippen LogP contribution in [0.4, 0.5) is 0 Å². The number of carbonyl (C=O) groups excluding carboxylic acids is 1. The Bertz CT molecular complexity index is 1010. The Morgan fingerprint density at radius 1 is 1.25 bits per heavy atom. The van der Waals surface area contributed by atoms with Gasteiger partial charge in [0.15, 0.2) is 0 Å². The van der Waals surface area contributed by atoms with Crippen molar-refractivity contribution in [2.45, 2.75) is 0 Å². The minimum Gasteiger partial charge on any atom is -0.463 e. The second kappa shape index (κ2) is 7.14. The van der Waals surface area contributed by atoms with Gasteiger partial charge in [0, 0.05) is 8.59 Å². The van der Waals surface area contributed by atoms with E-state index >= 15 is 0 Å². The average molecular weight is 453 g/mol. The maximum absolute atomic E-state index is 12.4. The number of nitrogens with zero attached hydrogens (tertiary/aromatic N) is 1. The zero-order chi connectivity index (χ0) is 17.1. The standard InChI is InChI=1S/C17H10ClIN2O3/c18-11-5-6-15-13(7-11)16(22)10(9-24-15)8-20-21-17(23)12-3-1-2-4-14(12)19/h1-9H,(H,21,23)/b20-8-. The Kier molecular flexibility index (Phi) is 4.96. The first-order valence-corrected chi connectivity index (χ1v) is 8.31. The molecule has 7 heteroatoms. The van der Waals surface area contributed by atoms with Gasteiger partial charge >= 0.3 is 0 Å². The Hall–Kier alpha value is -2.19. The fourth-order valence-electron chi connectivity index (χ4n) is 2.07. The van der Waals surface area contributed by atoms with Crippen LogP contribution in [0.3, 0.4) is 0 Å². The molecule has 1 N–H and O–H groups in total. The molecule has 0 bridgehead atoms. The summed E-state index contributed by atoms with van der Waals surface area (Å²) in [6, 6.07) is 11.9. The number of hydrazone groups is 1. The van der Waals surface area contributed by atoms with Crippen molar-refractivity contribution in [2.24, 2.45) is 5.10 Å². The Morgan fingerprint density at radius 2 is 2.04 bits per heavy atom. The van der Waals surface area contributed by atoms with Gasteiger partial charge in [-0.05, 0) is 52.9 Å². The molecule has 0 unspecified atom stereocenters. The number of benzene rings is 2. The zero-order valence-electron chi connectivity index (χ0n) is 12.1. The summed E-state index contributed by atoms with van der Waals surface area (Å²) in [6.07, 6.45) is 2.54. The van der Waals surface area contributed by atoms with Crippen LogP contribution in [-0.4, -0.2) is 12.1 Å². The summed E-state index contributed by atoms with van der Waals surface area (Å²) < 4.78 is 6.18. The van der Waals surface area contributed by atoms with E-state index in [4.69, 9.17) is 16.0 Å². The number of amides is 1. The third-order valence-electron chi connectivity index (χ3n) is 3.25. The summed E-state index contributed by atoms with van der Waals surface area (Å²) in [7, 11) is 0. The van der Waals surface area contributed by atoms with Crippen LogP contribution in [0.2, 0.25) is 5.02 Å². The van der Waals surface area contributed by atoms with Crippen LogP contribution in [0.5, 0.6) is 0 Å². The lowest BCUT2D eigenvalue weighted by Gasteiger charge is -2.02. The van der Waals surface area contributed by atoms with Crippen LogP contribution >= 0.6 is 34.2 Å².